The Balaban J connectivity index is 1.70. The van der Waals surface area contributed by atoms with E-state index in [0.717, 1.165) is 25.8 Å². The van der Waals surface area contributed by atoms with Crippen molar-refractivity contribution in [2.45, 2.75) is 19.3 Å². The first-order chi connectivity index (χ1) is 11.6. The first-order valence-corrected chi connectivity index (χ1v) is 8.77. The Morgan fingerprint density at radius 1 is 1.25 bits per heavy atom. The van der Waals surface area contributed by atoms with E-state index in [-0.39, 0.29) is 11.8 Å². The molecule has 2 fully saturated rings. The van der Waals surface area contributed by atoms with Crippen molar-refractivity contribution in [3.63, 3.8) is 0 Å². The van der Waals surface area contributed by atoms with E-state index in [2.05, 4.69) is 0 Å². The van der Waals surface area contributed by atoms with Crippen LogP contribution in [0.4, 0.5) is 0 Å². The van der Waals surface area contributed by atoms with Gasteiger partial charge in [-0.15, -0.1) is 0 Å². The number of ether oxygens (including phenoxy) is 1. The van der Waals surface area contributed by atoms with Gasteiger partial charge in [0.05, 0.1) is 12.0 Å². The largest absolute Gasteiger partial charge is 0.383 e. The van der Waals surface area contributed by atoms with E-state index in [1.807, 2.05) is 4.90 Å². The van der Waals surface area contributed by atoms with Crippen LogP contribution in [0.3, 0.4) is 0 Å². The lowest BCUT2D eigenvalue weighted by atomic mass is 9.78. The van der Waals surface area contributed by atoms with Crippen molar-refractivity contribution in [1.82, 2.24) is 9.80 Å². The minimum absolute atomic E-state index is 0.0228. The third kappa shape index (κ3) is 3.28. The summed E-state index contributed by atoms with van der Waals surface area (Å²) in [6, 6.07) is 6.92. The van der Waals surface area contributed by atoms with Gasteiger partial charge >= 0.3 is 0 Å². The monoisotopic (exact) mass is 350 g/mol. The van der Waals surface area contributed by atoms with E-state index < -0.39 is 5.41 Å². The predicted octanol–water partition coefficient (Wildman–Crippen LogP) is 2.44. The molecule has 0 aliphatic carbocycles. The summed E-state index contributed by atoms with van der Waals surface area (Å²) in [5, 5.41) is 0.612. The summed E-state index contributed by atoms with van der Waals surface area (Å²) in [7, 11) is 1.65. The smallest absolute Gasteiger partial charge is 0.253 e. The van der Waals surface area contributed by atoms with E-state index in [1.54, 1.807) is 36.3 Å². The molecule has 0 aromatic heterocycles. The van der Waals surface area contributed by atoms with Crippen LogP contribution in [0.25, 0.3) is 0 Å². The van der Waals surface area contributed by atoms with Crippen molar-refractivity contribution in [2.75, 3.05) is 39.9 Å². The highest BCUT2D eigenvalue weighted by atomic mass is 35.5. The fourth-order valence-electron chi connectivity index (χ4n) is 3.77. The molecule has 1 atom stereocenters. The number of hydrogen-bond donors (Lipinski definition) is 0. The molecule has 6 heteroatoms. The van der Waals surface area contributed by atoms with Crippen LogP contribution in [-0.4, -0.2) is 61.5 Å². The highest BCUT2D eigenvalue weighted by molar-refractivity contribution is 6.30. The molecule has 1 aromatic carbocycles. The number of amides is 2. The van der Waals surface area contributed by atoms with Gasteiger partial charge in [-0.25, -0.2) is 0 Å². The lowest BCUT2D eigenvalue weighted by Gasteiger charge is -2.39. The summed E-state index contributed by atoms with van der Waals surface area (Å²) >= 11 is 5.88. The van der Waals surface area contributed by atoms with E-state index in [1.165, 1.54) is 0 Å². The fourth-order valence-corrected chi connectivity index (χ4v) is 3.89. The molecule has 3 rings (SSSR count). The molecule has 0 N–H and O–H groups in total. The van der Waals surface area contributed by atoms with E-state index in [4.69, 9.17) is 16.3 Å². The van der Waals surface area contributed by atoms with Crippen molar-refractivity contribution in [2.24, 2.45) is 5.41 Å². The van der Waals surface area contributed by atoms with Crippen molar-refractivity contribution < 1.29 is 14.3 Å². The third-order valence-electron chi connectivity index (χ3n) is 5.12. The van der Waals surface area contributed by atoms with Crippen molar-refractivity contribution in [3.05, 3.63) is 34.9 Å². The topological polar surface area (TPSA) is 49.9 Å². The Bertz CT molecular complexity index is 619. The normalized spacial score (nSPS) is 24.0. The van der Waals surface area contributed by atoms with Gasteiger partial charge in [0.2, 0.25) is 5.91 Å². The van der Waals surface area contributed by atoms with Crippen LogP contribution in [0.2, 0.25) is 5.02 Å². The van der Waals surface area contributed by atoms with Gasteiger partial charge in [0.1, 0.15) is 0 Å². The van der Waals surface area contributed by atoms with E-state index in [0.29, 0.717) is 36.8 Å². The standard InChI is InChI=1S/C18H23ClN2O3/c1-24-12-11-20-9-2-7-18(17(20)23)8-10-21(13-18)16(22)14-3-5-15(19)6-4-14/h3-6H,2,7-13H2,1H3/t18-/m0/s1. The minimum Gasteiger partial charge on any atom is -0.383 e. The van der Waals surface area contributed by atoms with Crippen molar-refractivity contribution in [1.29, 1.82) is 0 Å². The second kappa shape index (κ2) is 7.11. The molecule has 24 heavy (non-hydrogen) atoms. The Labute approximate surface area is 147 Å². The van der Waals surface area contributed by atoms with Crippen LogP contribution in [0, 0.1) is 5.41 Å². The van der Waals surface area contributed by atoms with Gasteiger partial charge in [-0.05, 0) is 43.5 Å². The molecule has 2 heterocycles. The molecule has 2 aliphatic rings. The quantitative estimate of drug-likeness (QED) is 0.838. The van der Waals surface area contributed by atoms with Crippen molar-refractivity contribution in [3.8, 4) is 0 Å². The first-order valence-electron chi connectivity index (χ1n) is 8.39. The Kier molecular flexibility index (Phi) is 5.11. The molecule has 0 unspecified atom stereocenters. The van der Waals surface area contributed by atoms with Gasteiger partial charge in [-0.1, -0.05) is 11.6 Å². The number of carbonyl (C=O) groups excluding carboxylic acids is 2. The van der Waals surface area contributed by atoms with E-state index in [9.17, 15) is 9.59 Å². The number of rotatable bonds is 4. The summed E-state index contributed by atoms with van der Waals surface area (Å²) in [4.78, 5) is 29.3. The first kappa shape index (κ1) is 17.2. The molecule has 2 saturated heterocycles. The number of hydrogen-bond acceptors (Lipinski definition) is 3. The average molecular weight is 351 g/mol. The zero-order chi connectivity index (χ0) is 17.2. The average Bonchev–Trinajstić information content (AvgIpc) is 3.01. The lowest BCUT2D eigenvalue weighted by Crippen LogP contribution is -2.51. The molecule has 130 valence electrons. The highest BCUT2D eigenvalue weighted by Gasteiger charge is 2.49. The van der Waals surface area contributed by atoms with Gasteiger partial charge in [0.25, 0.3) is 5.91 Å². The summed E-state index contributed by atoms with van der Waals surface area (Å²) in [5.41, 5.74) is 0.213. The number of likely N-dealkylation sites (tertiary alicyclic amines) is 2. The van der Waals surface area contributed by atoms with Crippen LogP contribution in [-0.2, 0) is 9.53 Å². The van der Waals surface area contributed by atoms with Gasteiger partial charge in [0, 0.05) is 43.9 Å². The lowest BCUT2D eigenvalue weighted by molar-refractivity contribution is -0.146. The number of carbonyl (C=O) groups is 2. The summed E-state index contributed by atoms with van der Waals surface area (Å²) in [5.74, 6) is 0.155. The molecule has 1 spiro atoms. The summed E-state index contributed by atoms with van der Waals surface area (Å²) in [6.45, 7) is 3.11. The van der Waals surface area contributed by atoms with Gasteiger partial charge in [-0.3, -0.25) is 9.59 Å². The molecular weight excluding hydrogens is 328 g/mol. The summed E-state index contributed by atoms with van der Waals surface area (Å²) in [6.07, 6.45) is 2.59. The summed E-state index contributed by atoms with van der Waals surface area (Å²) < 4.78 is 5.10. The Morgan fingerprint density at radius 3 is 2.71 bits per heavy atom. The second-order valence-corrected chi connectivity index (χ2v) is 7.09. The SMILES string of the molecule is COCCN1CCC[C@@]2(CCN(C(=O)c3ccc(Cl)cc3)C2)C1=O. The molecule has 0 bridgehead atoms. The molecular formula is C18H23ClN2O3. The number of nitrogens with zero attached hydrogens (tertiary/aromatic N) is 2. The maximum Gasteiger partial charge on any atom is 0.253 e. The van der Waals surface area contributed by atoms with Crippen LogP contribution in [0.15, 0.2) is 24.3 Å². The number of benzene rings is 1. The minimum atomic E-state index is -0.409. The van der Waals surface area contributed by atoms with Crippen LogP contribution < -0.4 is 0 Å². The fraction of sp³-hybridized carbons (Fsp3) is 0.556. The Hall–Kier alpha value is -1.59. The molecule has 2 amide bonds. The van der Waals surface area contributed by atoms with Crippen LogP contribution >= 0.6 is 11.6 Å². The maximum atomic E-state index is 12.9. The zero-order valence-corrected chi connectivity index (χ0v) is 14.7. The maximum absolute atomic E-state index is 12.9. The molecule has 5 nitrogen and oxygen atoms in total. The number of halogens is 1. The zero-order valence-electron chi connectivity index (χ0n) is 14.0. The second-order valence-electron chi connectivity index (χ2n) is 6.65. The van der Waals surface area contributed by atoms with Gasteiger partial charge in [0.15, 0.2) is 0 Å². The molecule has 0 saturated carbocycles. The molecule has 0 radical (unpaired) electrons. The van der Waals surface area contributed by atoms with Gasteiger partial charge < -0.3 is 14.5 Å². The molecule has 1 aromatic rings. The van der Waals surface area contributed by atoms with Gasteiger partial charge in [-0.2, -0.15) is 0 Å². The predicted molar refractivity (Wildman–Crippen MR) is 92.1 cm³/mol. The molecule has 2 aliphatic heterocycles. The number of methoxy groups -OCH3 is 1. The third-order valence-corrected chi connectivity index (χ3v) is 5.37. The van der Waals surface area contributed by atoms with E-state index >= 15 is 0 Å². The van der Waals surface area contributed by atoms with Crippen molar-refractivity contribution >= 4 is 23.4 Å². The number of piperidine rings is 1. The Morgan fingerprint density at radius 2 is 2.00 bits per heavy atom. The van der Waals surface area contributed by atoms with Crippen LogP contribution in [0.5, 0.6) is 0 Å². The highest BCUT2D eigenvalue weighted by Crippen LogP contribution is 2.40. The van der Waals surface area contributed by atoms with Crippen LogP contribution in [0.1, 0.15) is 29.6 Å².